The summed E-state index contributed by atoms with van der Waals surface area (Å²) in [6, 6.07) is 19.0. The van der Waals surface area contributed by atoms with Crippen molar-refractivity contribution in [2.45, 2.75) is 19.4 Å². The number of nitrogens with zero attached hydrogens (tertiary/aromatic N) is 3. The van der Waals surface area contributed by atoms with Gasteiger partial charge in [0.1, 0.15) is 11.3 Å². The molecule has 1 unspecified atom stereocenters. The average molecular weight is 421 g/mol. The van der Waals surface area contributed by atoms with Gasteiger partial charge in [0.25, 0.3) is 0 Å². The summed E-state index contributed by atoms with van der Waals surface area (Å²) in [7, 11) is 1.61. The molecule has 1 amide bonds. The summed E-state index contributed by atoms with van der Waals surface area (Å²) in [4.78, 5) is 12.2. The van der Waals surface area contributed by atoms with Gasteiger partial charge in [0.15, 0.2) is 0 Å². The van der Waals surface area contributed by atoms with Crippen molar-refractivity contribution < 1.29 is 9.53 Å². The third kappa shape index (κ3) is 3.62. The normalized spacial score (nSPS) is 12.1. The first-order valence-corrected chi connectivity index (χ1v) is 9.90. The van der Waals surface area contributed by atoms with Gasteiger partial charge < -0.3 is 10.5 Å². The third-order valence-electron chi connectivity index (χ3n) is 5.30. The number of aromatic nitrogens is 3. The minimum Gasteiger partial charge on any atom is -0.497 e. The topological polar surface area (TPSA) is 83.0 Å². The second-order valence-corrected chi connectivity index (χ2v) is 7.50. The van der Waals surface area contributed by atoms with Crippen molar-refractivity contribution in [2.75, 3.05) is 7.11 Å². The van der Waals surface area contributed by atoms with Crippen LogP contribution in [-0.2, 0) is 6.54 Å². The Hall–Kier alpha value is -3.38. The molecule has 6 nitrogen and oxygen atoms in total. The van der Waals surface area contributed by atoms with Crippen LogP contribution in [0.4, 0.5) is 0 Å². The Bertz CT molecular complexity index is 1220. The molecule has 0 saturated heterocycles. The van der Waals surface area contributed by atoms with Crippen molar-refractivity contribution in [1.82, 2.24) is 15.0 Å². The fourth-order valence-corrected chi connectivity index (χ4v) is 3.87. The zero-order chi connectivity index (χ0) is 21.3. The van der Waals surface area contributed by atoms with Gasteiger partial charge in [-0.05, 0) is 41.5 Å². The maximum Gasteiger partial charge on any atom is 0.249 e. The van der Waals surface area contributed by atoms with Crippen LogP contribution in [0.25, 0.3) is 11.0 Å². The highest BCUT2D eigenvalue weighted by molar-refractivity contribution is 6.31. The summed E-state index contributed by atoms with van der Waals surface area (Å²) >= 11 is 6.37. The molecule has 152 valence electrons. The van der Waals surface area contributed by atoms with Crippen molar-refractivity contribution >= 4 is 28.5 Å². The molecule has 1 heterocycles. The Morgan fingerprint density at radius 3 is 2.63 bits per heavy atom. The molecule has 3 aromatic carbocycles. The van der Waals surface area contributed by atoms with Gasteiger partial charge in [0.05, 0.1) is 19.2 Å². The van der Waals surface area contributed by atoms with Crippen LogP contribution >= 0.6 is 11.6 Å². The SMILES string of the molecule is COc1ccc(Cl)c(Cn2nnc3c(C(C)c4ccccc4)c(C(N)=O)ccc32)c1. The van der Waals surface area contributed by atoms with Crippen molar-refractivity contribution in [3.63, 3.8) is 0 Å². The van der Waals surface area contributed by atoms with Crippen LogP contribution in [0.2, 0.25) is 5.02 Å². The number of ether oxygens (including phenoxy) is 1. The molecule has 0 aliphatic rings. The van der Waals surface area contributed by atoms with Crippen LogP contribution in [0.1, 0.15) is 39.9 Å². The van der Waals surface area contributed by atoms with Crippen LogP contribution < -0.4 is 10.5 Å². The molecule has 2 N–H and O–H groups in total. The lowest BCUT2D eigenvalue weighted by atomic mass is 9.88. The first-order valence-electron chi connectivity index (χ1n) is 9.53. The molecule has 4 aromatic rings. The minimum absolute atomic E-state index is 0.0806. The van der Waals surface area contributed by atoms with Gasteiger partial charge in [-0.25, -0.2) is 4.68 Å². The summed E-state index contributed by atoms with van der Waals surface area (Å²) in [5.41, 5.74) is 10.3. The average Bonchev–Trinajstić information content (AvgIpc) is 3.17. The van der Waals surface area contributed by atoms with Gasteiger partial charge in [0, 0.05) is 22.1 Å². The number of rotatable bonds is 6. The van der Waals surface area contributed by atoms with Gasteiger partial charge in [-0.15, -0.1) is 5.10 Å². The maximum absolute atomic E-state index is 12.2. The van der Waals surface area contributed by atoms with Gasteiger partial charge in [-0.2, -0.15) is 0 Å². The lowest BCUT2D eigenvalue weighted by molar-refractivity contribution is 0.0999. The highest BCUT2D eigenvalue weighted by atomic mass is 35.5. The molecule has 0 aliphatic carbocycles. The maximum atomic E-state index is 12.2. The van der Waals surface area contributed by atoms with Gasteiger partial charge in [-0.1, -0.05) is 54.1 Å². The van der Waals surface area contributed by atoms with E-state index in [0.29, 0.717) is 28.4 Å². The minimum atomic E-state index is -0.486. The number of primary amides is 1. The first-order chi connectivity index (χ1) is 14.5. The second-order valence-electron chi connectivity index (χ2n) is 7.10. The molecule has 0 aliphatic heterocycles. The molecule has 0 fully saturated rings. The molecule has 1 aromatic heterocycles. The number of carbonyl (C=O) groups excluding carboxylic acids is 1. The first kappa shape index (κ1) is 19.9. The van der Waals surface area contributed by atoms with E-state index >= 15 is 0 Å². The summed E-state index contributed by atoms with van der Waals surface area (Å²) in [5, 5.41) is 9.36. The number of halogens is 1. The van der Waals surface area contributed by atoms with E-state index in [1.807, 2.05) is 55.5 Å². The van der Waals surface area contributed by atoms with E-state index in [9.17, 15) is 4.79 Å². The van der Waals surface area contributed by atoms with E-state index in [4.69, 9.17) is 22.1 Å². The predicted molar refractivity (Wildman–Crippen MR) is 117 cm³/mol. The van der Waals surface area contributed by atoms with Crippen molar-refractivity contribution in [3.8, 4) is 5.75 Å². The molecule has 4 rings (SSSR count). The Balaban J connectivity index is 1.84. The zero-order valence-corrected chi connectivity index (χ0v) is 17.4. The highest BCUT2D eigenvalue weighted by Gasteiger charge is 2.22. The van der Waals surface area contributed by atoms with Crippen LogP contribution in [0, 0.1) is 0 Å². The van der Waals surface area contributed by atoms with Crippen LogP contribution in [0.5, 0.6) is 5.75 Å². The summed E-state index contributed by atoms with van der Waals surface area (Å²) < 4.78 is 7.07. The number of benzene rings is 3. The molecule has 7 heteroatoms. The number of methoxy groups -OCH3 is 1. The van der Waals surface area contributed by atoms with E-state index in [-0.39, 0.29) is 5.92 Å². The Labute approximate surface area is 179 Å². The lowest BCUT2D eigenvalue weighted by Gasteiger charge is -2.16. The largest absolute Gasteiger partial charge is 0.497 e. The molecular weight excluding hydrogens is 400 g/mol. The Morgan fingerprint density at radius 1 is 1.17 bits per heavy atom. The predicted octanol–water partition coefficient (Wildman–Crippen LogP) is 4.39. The smallest absolute Gasteiger partial charge is 0.249 e. The summed E-state index contributed by atoms with van der Waals surface area (Å²) in [6.07, 6.45) is 0. The van der Waals surface area contributed by atoms with E-state index in [0.717, 1.165) is 22.2 Å². The van der Waals surface area contributed by atoms with E-state index in [2.05, 4.69) is 10.3 Å². The number of hydrogen-bond acceptors (Lipinski definition) is 4. The van der Waals surface area contributed by atoms with E-state index < -0.39 is 5.91 Å². The number of amides is 1. The fraction of sp³-hybridized carbons (Fsp3) is 0.174. The molecule has 30 heavy (non-hydrogen) atoms. The molecule has 1 atom stereocenters. The molecule has 0 radical (unpaired) electrons. The third-order valence-corrected chi connectivity index (χ3v) is 5.67. The van der Waals surface area contributed by atoms with Gasteiger partial charge in [0.2, 0.25) is 5.91 Å². The summed E-state index contributed by atoms with van der Waals surface area (Å²) in [6.45, 7) is 2.45. The van der Waals surface area contributed by atoms with Crippen LogP contribution in [-0.4, -0.2) is 28.0 Å². The van der Waals surface area contributed by atoms with Crippen molar-refractivity contribution in [2.24, 2.45) is 5.73 Å². The van der Waals surface area contributed by atoms with Crippen LogP contribution in [0.3, 0.4) is 0 Å². The Morgan fingerprint density at radius 2 is 1.93 bits per heavy atom. The summed E-state index contributed by atoms with van der Waals surface area (Å²) in [5.74, 6) is 0.149. The number of fused-ring (bicyclic) bond motifs is 1. The van der Waals surface area contributed by atoms with E-state index in [1.54, 1.807) is 23.9 Å². The lowest BCUT2D eigenvalue weighted by Crippen LogP contribution is -2.16. The highest BCUT2D eigenvalue weighted by Crippen LogP contribution is 2.33. The molecule has 0 spiro atoms. The van der Waals surface area contributed by atoms with Crippen molar-refractivity contribution in [3.05, 3.63) is 87.9 Å². The zero-order valence-electron chi connectivity index (χ0n) is 16.7. The fourth-order valence-electron chi connectivity index (χ4n) is 3.70. The second kappa shape index (κ2) is 8.16. The standard InChI is InChI=1S/C23H21ClN4O2/c1-14(15-6-4-3-5-7-15)21-18(23(25)29)9-11-20-22(21)26-27-28(20)13-16-12-17(30-2)8-10-19(16)24/h3-12,14H,13H2,1-2H3,(H2,25,29). The van der Waals surface area contributed by atoms with Crippen LogP contribution in [0.15, 0.2) is 60.7 Å². The van der Waals surface area contributed by atoms with Crippen molar-refractivity contribution in [1.29, 1.82) is 0 Å². The van der Waals surface area contributed by atoms with Gasteiger partial charge in [-0.3, -0.25) is 4.79 Å². The molecule has 0 bridgehead atoms. The van der Waals surface area contributed by atoms with Gasteiger partial charge >= 0.3 is 0 Å². The number of nitrogens with two attached hydrogens (primary N) is 1. The molecular formula is C23H21ClN4O2. The number of hydrogen-bond donors (Lipinski definition) is 1. The van der Waals surface area contributed by atoms with E-state index in [1.165, 1.54) is 0 Å². The quantitative estimate of drug-likeness (QED) is 0.501. The Kier molecular flexibility index (Phi) is 5.42. The molecule has 0 saturated carbocycles. The number of carbonyl (C=O) groups is 1. The monoisotopic (exact) mass is 420 g/mol.